The number of hydrogen-bond donors (Lipinski definition) is 0. The number of hydrogen-bond acceptors (Lipinski definition) is 2. The topological polar surface area (TPSA) is 29.5 Å². The molecule has 0 aromatic heterocycles. The van der Waals surface area contributed by atoms with Crippen LogP contribution >= 0.6 is 0 Å². The zero-order valence-electron chi connectivity index (χ0n) is 13.2. The Bertz CT molecular complexity index is 691. The number of ether oxygens (including phenoxy) is 1. The first kappa shape index (κ1) is 16.6. The van der Waals surface area contributed by atoms with Crippen molar-refractivity contribution in [3.63, 3.8) is 0 Å². The van der Waals surface area contributed by atoms with Gasteiger partial charge in [-0.3, -0.25) is 4.79 Å². The molecule has 24 heavy (non-hydrogen) atoms. The van der Waals surface area contributed by atoms with E-state index in [0.29, 0.717) is 25.3 Å². The fourth-order valence-corrected chi connectivity index (χ4v) is 2.97. The molecular weight excluding hydrogens is 312 g/mol. The number of alkyl halides is 2. The SMILES string of the molecule is O=C(Cc1cccc(C(F)F)c1)N1CCOCC1c1ccccc1. The highest BCUT2D eigenvalue weighted by Crippen LogP contribution is 2.25. The lowest BCUT2D eigenvalue weighted by molar-refractivity contribution is -0.139. The molecule has 1 aliphatic rings. The molecule has 1 atom stereocenters. The van der Waals surface area contributed by atoms with Gasteiger partial charge in [-0.15, -0.1) is 0 Å². The monoisotopic (exact) mass is 331 g/mol. The van der Waals surface area contributed by atoms with Crippen LogP contribution in [0.3, 0.4) is 0 Å². The summed E-state index contributed by atoms with van der Waals surface area (Å²) < 4.78 is 31.1. The zero-order valence-corrected chi connectivity index (χ0v) is 13.2. The second-order valence-electron chi connectivity index (χ2n) is 5.81. The molecule has 2 aromatic rings. The summed E-state index contributed by atoms with van der Waals surface area (Å²) in [6, 6.07) is 15.6. The fraction of sp³-hybridized carbons (Fsp3) is 0.316. The van der Waals surface area contributed by atoms with Crippen LogP contribution < -0.4 is 0 Å². The molecule has 1 heterocycles. The molecule has 0 bridgehead atoms. The molecule has 0 spiro atoms. The van der Waals surface area contributed by atoms with Crippen molar-refractivity contribution < 1.29 is 18.3 Å². The highest BCUT2D eigenvalue weighted by Gasteiger charge is 2.28. The lowest BCUT2D eigenvalue weighted by atomic mass is 10.0. The van der Waals surface area contributed by atoms with E-state index in [1.165, 1.54) is 12.1 Å². The van der Waals surface area contributed by atoms with Crippen molar-refractivity contribution in [2.24, 2.45) is 0 Å². The van der Waals surface area contributed by atoms with E-state index in [1.54, 1.807) is 17.0 Å². The molecular formula is C19H19F2NO2. The van der Waals surface area contributed by atoms with Crippen LogP contribution in [0, 0.1) is 0 Å². The maximum absolute atomic E-state index is 12.8. The summed E-state index contributed by atoms with van der Waals surface area (Å²) >= 11 is 0. The predicted molar refractivity (Wildman–Crippen MR) is 86.8 cm³/mol. The Kier molecular flexibility index (Phi) is 5.20. The van der Waals surface area contributed by atoms with Crippen LogP contribution in [0.5, 0.6) is 0 Å². The molecule has 126 valence electrons. The summed E-state index contributed by atoms with van der Waals surface area (Å²) in [5.74, 6) is -0.0708. The number of carbonyl (C=O) groups is 1. The van der Waals surface area contributed by atoms with Crippen LogP contribution in [-0.4, -0.2) is 30.6 Å². The Morgan fingerprint density at radius 1 is 1.17 bits per heavy atom. The maximum Gasteiger partial charge on any atom is 0.263 e. The molecule has 0 radical (unpaired) electrons. The Hall–Kier alpha value is -2.27. The highest BCUT2D eigenvalue weighted by atomic mass is 19.3. The Morgan fingerprint density at radius 3 is 2.71 bits per heavy atom. The van der Waals surface area contributed by atoms with Crippen LogP contribution in [0.4, 0.5) is 8.78 Å². The third kappa shape index (κ3) is 3.79. The maximum atomic E-state index is 12.8. The number of morpholine rings is 1. The van der Waals surface area contributed by atoms with Crippen LogP contribution in [0.15, 0.2) is 54.6 Å². The molecule has 1 aliphatic heterocycles. The normalized spacial score (nSPS) is 18.0. The molecule has 0 saturated carbocycles. The van der Waals surface area contributed by atoms with Crippen molar-refractivity contribution in [3.8, 4) is 0 Å². The second kappa shape index (κ2) is 7.53. The summed E-state index contributed by atoms with van der Waals surface area (Å²) in [5.41, 5.74) is 1.57. The molecule has 0 N–H and O–H groups in total. The molecule has 2 aromatic carbocycles. The first-order valence-electron chi connectivity index (χ1n) is 7.94. The van der Waals surface area contributed by atoms with Crippen LogP contribution in [0.25, 0.3) is 0 Å². The van der Waals surface area contributed by atoms with Gasteiger partial charge in [0, 0.05) is 12.1 Å². The van der Waals surface area contributed by atoms with Crippen molar-refractivity contribution in [2.75, 3.05) is 19.8 Å². The number of benzene rings is 2. The Labute approximate surface area is 139 Å². The Morgan fingerprint density at radius 2 is 1.96 bits per heavy atom. The van der Waals surface area contributed by atoms with Gasteiger partial charge in [0.15, 0.2) is 0 Å². The second-order valence-corrected chi connectivity index (χ2v) is 5.81. The smallest absolute Gasteiger partial charge is 0.263 e. The van der Waals surface area contributed by atoms with Gasteiger partial charge in [0.25, 0.3) is 6.43 Å². The lowest BCUT2D eigenvalue weighted by Gasteiger charge is -2.36. The van der Waals surface area contributed by atoms with Gasteiger partial charge in [0.2, 0.25) is 5.91 Å². The summed E-state index contributed by atoms with van der Waals surface area (Å²) in [4.78, 5) is 14.5. The lowest BCUT2D eigenvalue weighted by Crippen LogP contribution is -2.44. The van der Waals surface area contributed by atoms with Gasteiger partial charge in [0.1, 0.15) is 0 Å². The van der Waals surface area contributed by atoms with Crippen LogP contribution in [0.1, 0.15) is 29.2 Å². The summed E-state index contributed by atoms with van der Waals surface area (Å²) in [7, 11) is 0. The molecule has 1 unspecified atom stereocenters. The third-order valence-corrected chi connectivity index (χ3v) is 4.19. The highest BCUT2D eigenvalue weighted by molar-refractivity contribution is 5.79. The average molecular weight is 331 g/mol. The van der Waals surface area contributed by atoms with E-state index in [9.17, 15) is 13.6 Å². The summed E-state index contributed by atoms with van der Waals surface area (Å²) in [6.07, 6.45) is -2.41. The standard InChI is InChI=1S/C19H19F2NO2/c20-19(21)16-8-4-5-14(11-16)12-18(23)22-9-10-24-13-17(22)15-6-2-1-3-7-15/h1-8,11,17,19H,9-10,12-13H2. The summed E-state index contributed by atoms with van der Waals surface area (Å²) in [5, 5.41) is 0. The van der Waals surface area contributed by atoms with Crippen LogP contribution in [-0.2, 0) is 16.0 Å². The molecule has 1 saturated heterocycles. The summed E-state index contributed by atoms with van der Waals surface area (Å²) in [6.45, 7) is 1.45. The zero-order chi connectivity index (χ0) is 16.9. The third-order valence-electron chi connectivity index (χ3n) is 4.19. The Balaban J connectivity index is 1.76. The minimum atomic E-state index is -2.53. The van der Waals surface area contributed by atoms with Gasteiger partial charge < -0.3 is 9.64 Å². The fourth-order valence-electron chi connectivity index (χ4n) is 2.97. The van der Waals surface area contributed by atoms with E-state index in [1.807, 2.05) is 30.3 Å². The van der Waals surface area contributed by atoms with Crippen LogP contribution in [0.2, 0.25) is 0 Å². The quantitative estimate of drug-likeness (QED) is 0.853. The number of nitrogens with zero attached hydrogens (tertiary/aromatic N) is 1. The number of halogens is 2. The van der Waals surface area contributed by atoms with Crippen molar-refractivity contribution in [3.05, 3.63) is 71.3 Å². The van der Waals surface area contributed by atoms with E-state index in [0.717, 1.165) is 5.56 Å². The molecule has 0 aliphatic carbocycles. The predicted octanol–water partition coefficient (Wildman–Crippen LogP) is 3.77. The van der Waals surface area contributed by atoms with Crippen molar-refractivity contribution >= 4 is 5.91 Å². The van der Waals surface area contributed by atoms with E-state index in [2.05, 4.69) is 0 Å². The van der Waals surface area contributed by atoms with E-state index < -0.39 is 6.43 Å². The number of carbonyl (C=O) groups excluding carboxylic acids is 1. The van der Waals surface area contributed by atoms with E-state index in [-0.39, 0.29) is 23.9 Å². The molecule has 5 heteroatoms. The van der Waals surface area contributed by atoms with Crippen molar-refractivity contribution in [1.82, 2.24) is 4.90 Å². The van der Waals surface area contributed by atoms with Gasteiger partial charge in [-0.1, -0.05) is 48.5 Å². The molecule has 1 fully saturated rings. The van der Waals surface area contributed by atoms with Gasteiger partial charge in [-0.2, -0.15) is 0 Å². The van der Waals surface area contributed by atoms with Gasteiger partial charge >= 0.3 is 0 Å². The first-order valence-corrected chi connectivity index (χ1v) is 7.94. The average Bonchev–Trinajstić information content (AvgIpc) is 2.62. The van der Waals surface area contributed by atoms with Gasteiger partial charge in [-0.05, 0) is 17.2 Å². The number of amides is 1. The van der Waals surface area contributed by atoms with E-state index >= 15 is 0 Å². The van der Waals surface area contributed by atoms with Gasteiger partial charge in [-0.25, -0.2) is 8.78 Å². The largest absolute Gasteiger partial charge is 0.377 e. The number of rotatable bonds is 4. The molecule has 3 rings (SSSR count). The molecule has 3 nitrogen and oxygen atoms in total. The van der Waals surface area contributed by atoms with Crippen molar-refractivity contribution in [2.45, 2.75) is 18.9 Å². The minimum Gasteiger partial charge on any atom is -0.377 e. The first-order chi connectivity index (χ1) is 11.6. The molecule has 1 amide bonds. The van der Waals surface area contributed by atoms with Crippen molar-refractivity contribution in [1.29, 1.82) is 0 Å². The minimum absolute atomic E-state index is 0.0538. The van der Waals surface area contributed by atoms with E-state index in [4.69, 9.17) is 4.74 Å². The van der Waals surface area contributed by atoms with Gasteiger partial charge in [0.05, 0.1) is 25.7 Å².